The first-order valence-corrected chi connectivity index (χ1v) is 11.2. The summed E-state index contributed by atoms with van der Waals surface area (Å²) in [5.41, 5.74) is 10.2. The molecule has 170 valence electrons. The minimum absolute atomic E-state index is 0.147. The standard InChI is InChI=1S/C24H25N5O3S/c25-24-26-21-20(28-29-22(21)23(33)27-24)18-11-17(31-13-16-9-5-2-6-10-16)19(32-18)14-30-12-15-7-3-1-4-8-15/h1-10,17-19H,11-14H2,(H,28,29)(H3,25,26,27,33)/t17-,18+,19+/m0/s1. The van der Waals surface area contributed by atoms with E-state index in [-0.39, 0.29) is 24.3 Å². The maximum Gasteiger partial charge on any atom is 0.199 e. The molecule has 0 spiro atoms. The summed E-state index contributed by atoms with van der Waals surface area (Å²) in [7, 11) is 0. The molecule has 4 aromatic rings. The van der Waals surface area contributed by atoms with Crippen molar-refractivity contribution in [1.29, 1.82) is 0 Å². The van der Waals surface area contributed by atoms with Gasteiger partial charge in [-0.1, -0.05) is 72.9 Å². The van der Waals surface area contributed by atoms with Gasteiger partial charge in [0.1, 0.15) is 17.7 Å². The SMILES string of the molecule is Nc1nc(=S)c2n[nH]c([C@H]3C[C@H](OCc4ccccc4)[C@@H](COCc4ccccc4)O3)c2[nH]1. The number of ether oxygens (including phenoxy) is 3. The third kappa shape index (κ3) is 4.96. The Morgan fingerprint density at radius 3 is 2.45 bits per heavy atom. The summed E-state index contributed by atoms with van der Waals surface area (Å²) >= 11 is 5.30. The number of nitrogen functional groups attached to an aromatic ring is 1. The van der Waals surface area contributed by atoms with Gasteiger partial charge in [-0.25, -0.2) is 4.98 Å². The Morgan fingerprint density at radius 1 is 1.03 bits per heavy atom. The quantitative estimate of drug-likeness (QED) is 0.335. The van der Waals surface area contributed by atoms with Gasteiger partial charge in [-0.15, -0.1) is 0 Å². The van der Waals surface area contributed by atoms with Gasteiger partial charge in [0.15, 0.2) is 10.6 Å². The molecule has 1 aliphatic rings. The van der Waals surface area contributed by atoms with E-state index in [9.17, 15) is 0 Å². The topological polar surface area (TPSA) is 111 Å². The van der Waals surface area contributed by atoms with Crippen LogP contribution in [-0.4, -0.2) is 39.0 Å². The molecular formula is C24H25N5O3S. The van der Waals surface area contributed by atoms with Gasteiger partial charge in [-0.05, 0) is 11.1 Å². The number of hydrogen-bond acceptors (Lipinski definition) is 7. The van der Waals surface area contributed by atoms with Crippen molar-refractivity contribution in [3.8, 4) is 0 Å². The number of anilines is 1. The lowest BCUT2D eigenvalue weighted by atomic mass is 10.1. The average molecular weight is 464 g/mol. The van der Waals surface area contributed by atoms with E-state index in [1.165, 1.54) is 0 Å². The Hall–Kier alpha value is -3.11. The minimum atomic E-state index is -0.270. The van der Waals surface area contributed by atoms with Crippen molar-refractivity contribution >= 4 is 29.2 Å². The van der Waals surface area contributed by atoms with Crippen LogP contribution >= 0.6 is 12.2 Å². The molecule has 0 unspecified atom stereocenters. The first kappa shape index (κ1) is 21.7. The Labute approximate surface area is 196 Å². The molecule has 5 rings (SSSR count). The number of nitrogens with one attached hydrogen (secondary N) is 2. The Kier molecular flexibility index (Phi) is 6.45. The van der Waals surface area contributed by atoms with Gasteiger partial charge in [0.05, 0.1) is 37.1 Å². The summed E-state index contributed by atoms with van der Waals surface area (Å²) in [5, 5.41) is 7.37. The number of rotatable bonds is 8. The predicted molar refractivity (Wildman–Crippen MR) is 127 cm³/mol. The fourth-order valence-electron chi connectivity index (χ4n) is 4.06. The maximum absolute atomic E-state index is 6.40. The average Bonchev–Trinajstić information content (AvgIpc) is 3.43. The van der Waals surface area contributed by atoms with Crippen LogP contribution in [0.15, 0.2) is 60.7 Å². The van der Waals surface area contributed by atoms with E-state index in [2.05, 4.69) is 20.2 Å². The summed E-state index contributed by atoms with van der Waals surface area (Å²) in [6.45, 7) is 1.43. The van der Waals surface area contributed by atoms with Gasteiger partial charge in [0.2, 0.25) is 0 Å². The van der Waals surface area contributed by atoms with E-state index >= 15 is 0 Å². The van der Waals surface area contributed by atoms with E-state index in [4.69, 9.17) is 32.2 Å². The van der Waals surface area contributed by atoms with E-state index in [0.29, 0.717) is 41.9 Å². The third-order valence-corrected chi connectivity index (χ3v) is 5.98. The molecule has 3 heterocycles. The molecular weight excluding hydrogens is 438 g/mol. The first-order chi connectivity index (χ1) is 16.2. The monoisotopic (exact) mass is 463 g/mol. The summed E-state index contributed by atoms with van der Waals surface area (Å²) in [6, 6.07) is 20.2. The van der Waals surface area contributed by atoms with E-state index in [0.717, 1.165) is 16.8 Å². The number of fused-ring (bicyclic) bond motifs is 1. The van der Waals surface area contributed by atoms with E-state index < -0.39 is 0 Å². The molecule has 0 aliphatic carbocycles. The first-order valence-electron chi connectivity index (χ1n) is 10.8. The van der Waals surface area contributed by atoms with Crippen LogP contribution in [-0.2, 0) is 27.4 Å². The number of nitrogens with zero attached hydrogens (tertiary/aromatic N) is 2. The van der Waals surface area contributed by atoms with Gasteiger partial charge in [0, 0.05) is 6.42 Å². The van der Waals surface area contributed by atoms with Crippen LogP contribution in [0.25, 0.3) is 11.0 Å². The molecule has 2 aromatic carbocycles. The van der Waals surface area contributed by atoms with Crippen LogP contribution < -0.4 is 5.73 Å². The summed E-state index contributed by atoms with van der Waals surface area (Å²) in [6.07, 6.45) is -0.00487. The van der Waals surface area contributed by atoms with Crippen molar-refractivity contribution < 1.29 is 14.2 Å². The minimum Gasteiger partial charge on any atom is -0.374 e. The highest BCUT2D eigenvalue weighted by atomic mass is 32.1. The molecule has 2 aromatic heterocycles. The number of aromatic amines is 2. The fourth-order valence-corrected chi connectivity index (χ4v) is 4.30. The van der Waals surface area contributed by atoms with Crippen molar-refractivity contribution in [3.63, 3.8) is 0 Å². The van der Waals surface area contributed by atoms with Crippen molar-refractivity contribution in [2.24, 2.45) is 0 Å². The maximum atomic E-state index is 6.40. The highest BCUT2D eigenvalue weighted by Crippen LogP contribution is 2.37. The molecule has 1 aliphatic heterocycles. The number of nitrogens with two attached hydrogens (primary N) is 1. The largest absolute Gasteiger partial charge is 0.374 e. The third-order valence-electron chi connectivity index (χ3n) is 5.69. The van der Waals surface area contributed by atoms with Crippen molar-refractivity contribution in [2.75, 3.05) is 12.3 Å². The van der Waals surface area contributed by atoms with Gasteiger partial charge in [0.25, 0.3) is 0 Å². The molecule has 4 N–H and O–H groups in total. The van der Waals surface area contributed by atoms with Crippen molar-refractivity contribution in [1.82, 2.24) is 20.2 Å². The molecule has 0 bridgehead atoms. The lowest BCUT2D eigenvalue weighted by molar-refractivity contribution is -0.0719. The fraction of sp³-hybridized carbons (Fsp3) is 0.292. The zero-order valence-corrected chi connectivity index (χ0v) is 18.8. The summed E-state index contributed by atoms with van der Waals surface area (Å²) in [4.78, 5) is 7.14. The number of benzene rings is 2. The highest BCUT2D eigenvalue weighted by molar-refractivity contribution is 7.71. The van der Waals surface area contributed by atoms with Crippen molar-refractivity contribution in [3.05, 3.63) is 82.1 Å². The van der Waals surface area contributed by atoms with Crippen LogP contribution in [0.3, 0.4) is 0 Å². The molecule has 1 fully saturated rings. The molecule has 0 saturated carbocycles. The van der Waals surface area contributed by atoms with Gasteiger partial charge < -0.3 is 24.9 Å². The molecule has 1 saturated heterocycles. The normalized spacial score (nSPS) is 20.4. The second-order valence-electron chi connectivity index (χ2n) is 8.02. The Bertz CT molecular complexity index is 1260. The van der Waals surface area contributed by atoms with Crippen LogP contribution in [0.4, 0.5) is 5.95 Å². The van der Waals surface area contributed by atoms with Gasteiger partial charge in [-0.2, -0.15) is 5.10 Å². The second-order valence-corrected chi connectivity index (χ2v) is 8.41. The van der Waals surface area contributed by atoms with Gasteiger partial charge >= 0.3 is 0 Å². The molecule has 0 radical (unpaired) electrons. The summed E-state index contributed by atoms with van der Waals surface area (Å²) in [5.74, 6) is 0.243. The van der Waals surface area contributed by atoms with Crippen LogP contribution in [0.2, 0.25) is 0 Å². The Balaban J connectivity index is 1.33. The smallest absolute Gasteiger partial charge is 0.199 e. The number of H-pyrrole nitrogens is 2. The molecule has 0 amide bonds. The Morgan fingerprint density at radius 2 is 1.73 bits per heavy atom. The van der Waals surface area contributed by atoms with Gasteiger partial charge in [-0.3, -0.25) is 5.10 Å². The second kappa shape index (κ2) is 9.80. The van der Waals surface area contributed by atoms with E-state index in [1.54, 1.807) is 0 Å². The molecule has 3 atom stereocenters. The predicted octanol–water partition coefficient (Wildman–Crippen LogP) is 4.23. The zero-order chi connectivity index (χ0) is 22.6. The van der Waals surface area contributed by atoms with Crippen molar-refractivity contribution in [2.45, 2.75) is 37.9 Å². The lowest BCUT2D eigenvalue weighted by Crippen LogP contribution is -2.29. The van der Waals surface area contributed by atoms with Crippen LogP contribution in [0.5, 0.6) is 0 Å². The molecule has 33 heavy (non-hydrogen) atoms. The van der Waals surface area contributed by atoms with E-state index in [1.807, 2.05) is 60.7 Å². The number of aromatic nitrogens is 4. The van der Waals surface area contributed by atoms with Crippen LogP contribution in [0, 0.1) is 4.64 Å². The number of hydrogen-bond donors (Lipinski definition) is 3. The highest BCUT2D eigenvalue weighted by Gasteiger charge is 2.39. The molecule has 9 heteroatoms. The van der Waals surface area contributed by atoms with Crippen LogP contribution in [0.1, 0.15) is 29.3 Å². The zero-order valence-electron chi connectivity index (χ0n) is 17.9. The summed E-state index contributed by atoms with van der Waals surface area (Å²) < 4.78 is 19.0. The molecule has 8 nitrogen and oxygen atoms in total. The lowest BCUT2D eigenvalue weighted by Gasteiger charge is -2.19.